The highest BCUT2D eigenvalue weighted by atomic mass is 28.3. The summed E-state index contributed by atoms with van der Waals surface area (Å²) in [5, 5.41) is 12.5. The van der Waals surface area contributed by atoms with Crippen molar-refractivity contribution in [2.24, 2.45) is 0 Å². The molecule has 46 heavy (non-hydrogen) atoms. The molecular weight excluding hydrogens is 605 g/mol. The van der Waals surface area contributed by atoms with E-state index in [1.54, 1.807) is 23.2 Å². The number of carbonyl (C=O) groups excluding carboxylic acids is 1. The van der Waals surface area contributed by atoms with Crippen LogP contribution in [0.4, 0.5) is 9.18 Å². The molecule has 1 fully saturated rings. The molecule has 1 aliphatic rings. The number of amides is 2. The number of ether oxygens (including phenoxy) is 2. The largest absolute Gasteiger partial charge is 0.465 e. The highest BCUT2D eigenvalue weighted by Crippen LogP contribution is 2.31. The van der Waals surface area contributed by atoms with E-state index >= 15 is 4.39 Å². The number of nitrogens with one attached hydrogen (secondary N) is 1. The van der Waals surface area contributed by atoms with Gasteiger partial charge in [0.15, 0.2) is 11.6 Å². The molecule has 1 atom stereocenters. The van der Waals surface area contributed by atoms with E-state index in [-0.39, 0.29) is 18.1 Å². The van der Waals surface area contributed by atoms with Crippen LogP contribution in [0, 0.1) is 5.82 Å². The van der Waals surface area contributed by atoms with Crippen LogP contribution in [0.15, 0.2) is 73.1 Å². The van der Waals surface area contributed by atoms with Crippen molar-refractivity contribution in [1.82, 2.24) is 24.7 Å². The first-order valence-corrected chi connectivity index (χ1v) is 19.3. The van der Waals surface area contributed by atoms with Crippen LogP contribution >= 0.6 is 0 Å². The topological polar surface area (TPSA) is 109 Å². The zero-order valence-electron chi connectivity index (χ0n) is 26.6. The molecule has 1 unspecified atom stereocenters. The van der Waals surface area contributed by atoms with Crippen molar-refractivity contribution in [3.8, 4) is 11.5 Å². The third-order valence-electron chi connectivity index (χ3n) is 8.03. The van der Waals surface area contributed by atoms with Gasteiger partial charge in [-0.1, -0.05) is 56.0 Å². The number of piperazine rings is 1. The third kappa shape index (κ3) is 8.92. The van der Waals surface area contributed by atoms with Crippen molar-refractivity contribution < 1.29 is 28.6 Å². The van der Waals surface area contributed by atoms with Crippen LogP contribution in [-0.2, 0) is 29.2 Å². The van der Waals surface area contributed by atoms with Crippen LogP contribution in [0.3, 0.4) is 0 Å². The number of rotatable bonds is 13. The summed E-state index contributed by atoms with van der Waals surface area (Å²) in [4.78, 5) is 33.4. The molecule has 244 valence electrons. The van der Waals surface area contributed by atoms with Gasteiger partial charge >= 0.3 is 6.09 Å². The minimum absolute atomic E-state index is 0.00657. The van der Waals surface area contributed by atoms with Gasteiger partial charge in [0.05, 0.1) is 5.39 Å². The van der Waals surface area contributed by atoms with Gasteiger partial charge < -0.3 is 29.4 Å². The lowest BCUT2D eigenvalue weighted by molar-refractivity contribution is -0.135. The van der Waals surface area contributed by atoms with E-state index in [2.05, 4.69) is 47.0 Å². The molecular formula is C34H42FN5O5Si. The molecule has 2 amide bonds. The lowest BCUT2D eigenvalue weighted by Crippen LogP contribution is -2.55. The fourth-order valence-electron chi connectivity index (χ4n) is 5.45. The maximum atomic E-state index is 15.3. The maximum absolute atomic E-state index is 15.3. The van der Waals surface area contributed by atoms with Crippen molar-refractivity contribution in [3.63, 3.8) is 0 Å². The highest BCUT2D eigenvalue weighted by Gasteiger charge is 2.29. The summed E-state index contributed by atoms with van der Waals surface area (Å²) in [5.41, 5.74) is 2.34. The molecule has 3 heterocycles. The molecule has 1 aliphatic heterocycles. The number of hydrogen-bond donors (Lipinski definition) is 2. The van der Waals surface area contributed by atoms with Gasteiger partial charge in [0.1, 0.15) is 24.2 Å². The molecule has 2 aromatic heterocycles. The van der Waals surface area contributed by atoms with Crippen LogP contribution in [0.1, 0.15) is 11.1 Å². The Kier molecular flexibility index (Phi) is 10.7. The Morgan fingerprint density at radius 2 is 1.76 bits per heavy atom. The zero-order chi connectivity index (χ0) is 32.7. The Hall–Kier alpha value is -4.26. The minimum Gasteiger partial charge on any atom is -0.465 e. The molecule has 0 bridgehead atoms. The fourth-order valence-corrected chi connectivity index (χ4v) is 6.20. The average molecular weight is 648 g/mol. The Bertz CT molecular complexity index is 1640. The van der Waals surface area contributed by atoms with Gasteiger partial charge in [0, 0.05) is 66.2 Å². The van der Waals surface area contributed by atoms with Gasteiger partial charge in [-0.2, -0.15) is 0 Å². The van der Waals surface area contributed by atoms with Crippen LogP contribution in [0.25, 0.3) is 11.0 Å². The number of nitrogens with zero attached hydrogens (tertiary/aromatic N) is 4. The van der Waals surface area contributed by atoms with Crippen molar-refractivity contribution in [1.29, 1.82) is 0 Å². The van der Waals surface area contributed by atoms with Crippen molar-refractivity contribution >= 4 is 31.1 Å². The average Bonchev–Trinajstić information content (AvgIpc) is 3.44. The number of carboxylic acid groups (broad SMARTS) is 1. The summed E-state index contributed by atoms with van der Waals surface area (Å²) < 4.78 is 29.1. The van der Waals surface area contributed by atoms with Gasteiger partial charge in [-0.25, -0.2) is 14.2 Å². The Balaban J connectivity index is 1.21. The molecule has 2 aromatic carbocycles. The normalized spacial score (nSPS) is 14.7. The number of carbonyl (C=O) groups is 2. The number of fused-ring (bicyclic) bond motifs is 1. The summed E-state index contributed by atoms with van der Waals surface area (Å²) in [6.07, 6.45) is 2.18. The quantitative estimate of drug-likeness (QED) is 0.139. The predicted molar refractivity (Wildman–Crippen MR) is 177 cm³/mol. The number of hydrogen-bond acceptors (Lipinski definition) is 6. The van der Waals surface area contributed by atoms with Crippen LogP contribution in [-0.4, -0.2) is 83.4 Å². The van der Waals surface area contributed by atoms with Crippen molar-refractivity contribution in [3.05, 3.63) is 90.0 Å². The lowest BCUT2D eigenvalue weighted by atomic mass is 10.0. The van der Waals surface area contributed by atoms with Crippen LogP contribution < -0.4 is 10.1 Å². The fraction of sp³-hybridized carbons (Fsp3) is 0.382. The third-order valence-corrected chi connectivity index (χ3v) is 9.74. The molecule has 0 spiro atoms. The van der Waals surface area contributed by atoms with E-state index in [0.29, 0.717) is 56.5 Å². The van der Waals surface area contributed by atoms with Crippen molar-refractivity contribution in [2.75, 3.05) is 32.8 Å². The molecule has 1 saturated heterocycles. The monoisotopic (exact) mass is 647 g/mol. The van der Waals surface area contributed by atoms with Gasteiger partial charge in [-0.15, -0.1) is 0 Å². The van der Waals surface area contributed by atoms with E-state index in [9.17, 15) is 14.7 Å². The van der Waals surface area contributed by atoms with Gasteiger partial charge in [0.25, 0.3) is 0 Å². The maximum Gasteiger partial charge on any atom is 0.405 e. The van der Waals surface area contributed by atoms with Crippen molar-refractivity contribution in [2.45, 2.75) is 51.4 Å². The molecule has 0 saturated carbocycles. The molecule has 0 radical (unpaired) electrons. The zero-order valence-corrected chi connectivity index (χ0v) is 27.6. The molecule has 4 aromatic rings. The van der Waals surface area contributed by atoms with E-state index < -0.39 is 26.0 Å². The number of aromatic nitrogens is 2. The number of benzene rings is 2. The van der Waals surface area contributed by atoms with Gasteiger partial charge in [-0.3, -0.25) is 9.69 Å². The first-order chi connectivity index (χ1) is 22.1. The standard InChI is InChI=1S/C34H42FN5O5Si/c1-46(2,3)20-19-44-24-40-14-12-27-30(11-13-36-32(27)40)45-31-10-9-26(21-28(31)35)22-29(37-34(42)43)33(41)39-17-15-38(16-18-39)23-25-7-5-4-6-8-25/h4-14,21,29,37H,15-20,22-24H2,1-3H3,(H,42,43). The predicted octanol–water partition coefficient (Wildman–Crippen LogP) is 5.80. The van der Waals surface area contributed by atoms with E-state index in [4.69, 9.17) is 9.47 Å². The Morgan fingerprint density at radius 3 is 2.46 bits per heavy atom. The summed E-state index contributed by atoms with van der Waals surface area (Å²) >= 11 is 0. The number of halogens is 1. The lowest BCUT2D eigenvalue weighted by Gasteiger charge is -2.36. The molecule has 5 rings (SSSR count). The summed E-state index contributed by atoms with van der Waals surface area (Å²) in [6.45, 7) is 11.1. The summed E-state index contributed by atoms with van der Waals surface area (Å²) in [7, 11) is -1.19. The molecule has 10 nitrogen and oxygen atoms in total. The van der Waals surface area contributed by atoms with Gasteiger partial charge in [-0.05, 0) is 41.4 Å². The molecule has 0 aliphatic carbocycles. The van der Waals surface area contributed by atoms with Crippen LogP contribution in [0.5, 0.6) is 11.5 Å². The minimum atomic E-state index is -1.31. The second-order valence-electron chi connectivity index (χ2n) is 12.8. The Labute approximate surface area is 269 Å². The summed E-state index contributed by atoms with van der Waals surface area (Å²) in [6, 6.07) is 18.1. The van der Waals surface area contributed by atoms with E-state index in [1.807, 2.05) is 35.0 Å². The summed E-state index contributed by atoms with van der Waals surface area (Å²) in [5.74, 6) is -0.480. The number of pyridine rings is 1. The first-order valence-electron chi connectivity index (χ1n) is 15.6. The first kappa shape index (κ1) is 33.1. The van der Waals surface area contributed by atoms with Gasteiger partial charge in [0.2, 0.25) is 5.91 Å². The Morgan fingerprint density at radius 1 is 1.00 bits per heavy atom. The smallest absolute Gasteiger partial charge is 0.405 e. The highest BCUT2D eigenvalue weighted by molar-refractivity contribution is 6.76. The SMILES string of the molecule is C[Si](C)(C)CCOCn1ccc2c(Oc3ccc(CC(NC(=O)O)C(=O)N4CCN(Cc5ccccc5)CC4)cc3F)ccnc21. The van der Waals surface area contributed by atoms with E-state index in [1.165, 1.54) is 17.7 Å². The molecule has 2 N–H and O–H groups in total. The second kappa shape index (κ2) is 14.9. The second-order valence-corrected chi connectivity index (χ2v) is 18.5. The molecule has 12 heteroatoms. The van der Waals surface area contributed by atoms with E-state index in [0.717, 1.165) is 18.0 Å². The van der Waals surface area contributed by atoms with Crippen LogP contribution in [0.2, 0.25) is 25.7 Å².